The van der Waals surface area contributed by atoms with Crippen LogP contribution in [0.4, 0.5) is 8.78 Å². The van der Waals surface area contributed by atoms with Crippen LogP contribution in [0, 0.1) is 11.6 Å². The molecular weight excluding hydrogens is 612 g/mol. The van der Waals surface area contributed by atoms with Crippen LogP contribution in [0.3, 0.4) is 0 Å². The minimum Gasteiger partial charge on any atom is -0.494 e. The number of nitrogens with zero attached hydrogens (tertiary/aromatic N) is 4. The van der Waals surface area contributed by atoms with Gasteiger partial charge < -0.3 is 24.6 Å². The van der Waals surface area contributed by atoms with Gasteiger partial charge in [-0.1, -0.05) is 35.4 Å². The molecule has 0 saturated heterocycles. The topological polar surface area (TPSA) is 155 Å². The number of hydrogen-bond donors (Lipinski definition) is 2. The van der Waals surface area contributed by atoms with Crippen LogP contribution in [-0.4, -0.2) is 47.2 Å². The Hall–Kier alpha value is -5.00. The largest absolute Gasteiger partial charge is 0.494 e. The van der Waals surface area contributed by atoms with Crippen LogP contribution in [0.15, 0.2) is 76.8 Å². The number of rotatable bonds is 14. The molecule has 0 aliphatic carbocycles. The molecule has 47 heavy (non-hydrogen) atoms. The number of aliphatic hydroxyl groups excluding tert-OH is 1. The van der Waals surface area contributed by atoms with E-state index in [1.165, 1.54) is 6.07 Å². The van der Waals surface area contributed by atoms with Crippen molar-refractivity contribution in [1.29, 1.82) is 0 Å². The molecule has 0 saturated carbocycles. The summed E-state index contributed by atoms with van der Waals surface area (Å²) in [4.78, 5) is 35.0. The van der Waals surface area contributed by atoms with Crippen molar-refractivity contribution < 1.29 is 37.7 Å². The molecule has 2 atom stereocenters. The number of amides is 1. The van der Waals surface area contributed by atoms with Crippen molar-refractivity contribution in [3.8, 4) is 5.75 Å². The Labute approximate surface area is 271 Å². The zero-order valence-corrected chi connectivity index (χ0v) is 26.4. The molecule has 0 radical (unpaired) electrons. The highest BCUT2D eigenvalue weighted by molar-refractivity contribution is 6.01. The quantitative estimate of drug-likeness (QED) is 0.0694. The first-order valence-electron chi connectivity index (χ1n) is 15.1. The van der Waals surface area contributed by atoms with Crippen molar-refractivity contribution in [2.75, 3.05) is 13.2 Å². The molecule has 1 heterocycles. The van der Waals surface area contributed by atoms with E-state index in [1.54, 1.807) is 69.3 Å². The first-order valence-corrected chi connectivity index (χ1v) is 15.1. The molecule has 0 aromatic heterocycles. The van der Waals surface area contributed by atoms with E-state index < -0.39 is 47.3 Å². The van der Waals surface area contributed by atoms with E-state index in [2.05, 4.69) is 15.3 Å². The van der Waals surface area contributed by atoms with Crippen LogP contribution in [0.5, 0.6) is 5.75 Å². The second-order valence-corrected chi connectivity index (χ2v) is 11.8. The number of azide groups is 1. The molecule has 4 rings (SSSR count). The fourth-order valence-corrected chi connectivity index (χ4v) is 5.10. The van der Waals surface area contributed by atoms with Gasteiger partial charge in [0.25, 0.3) is 5.91 Å². The summed E-state index contributed by atoms with van der Waals surface area (Å²) >= 11 is 0. The van der Waals surface area contributed by atoms with Gasteiger partial charge in [0.2, 0.25) is 5.90 Å². The molecule has 0 fully saturated rings. The van der Waals surface area contributed by atoms with Crippen LogP contribution >= 0.6 is 0 Å². The van der Waals surface area contributed by atoms with E-state index in [0.717, 1.165) is 12.1 Å². The zero-order chi connectivity index (χ0) is 34.0. The summed E-state index contributed by atoms with van der Waals surface area (Å²) in [5.74, 6) is -2.38. The second-order valence-electron chi connectivity index (χ2n) is 11.8. The van der Waals surface area contributed by atoms with Crippen molar-refractivity contribution >= 4 is 17.8 Å². The fourth-order valence-electron chi connectivity index (χ4n) is 5.10. The van der Waals surface area contributed by atoms with Gasteiger partial charge in [-0.25, -0.2) is 13.8 Å². The molecule has 3 aromatic rings. The average Bonchev–Trinajstić information content (AvgIpc) is 3.43. The van der Waals surface area contributed by atoms with Crippen molar-refractivity contribution in [3.63, 3.8) is 0 Å². The molecule has 2 N–H and O–H groups in total. The number of aliphatic imine (C=N–C) groups is 1. The minimum absolute atomic E-state index is 0.0116. The maximum absolute atomic E-state index is 14.5. The van der Waals surface area contributed by atoms with Gasteiger partial charge in [-0.3, -0.25) is 9.59 Å². The van der Waals surface area contributed by atoms with E-state index in [4.69, 9.17) is 29.8 Å². The molecule has 248 valence electrons. The second kappa shape index (κ2) is 15.5. The number of halogens is 2. The highest BCUT2D eigenvalue weighted by atomic mass is 19.1. The lowest BCUT2D eigenvalue weighted by Gasteiger charge is -2.32. The Balaban J connectivity index is 1.80. The lowest BCUT2D eigenvalue weighted by molar-refractivity contribution is -0.155. The number of esters is 1. The number of carbonyl (C=O) groups excluding carboxylic acids is 2. The molecule has 1 aliphatic rings. The average molecular weight is 650 g/mol. The predicted octanol–water partition coefficient (Wildman–Crippen LogP) is 6.23. The SMILES string of the molecule is CC(C)(C)OC(=O)CC[C@@]1(C(=O)NCc2c(F)cccc2F)N=C(c2ccc(OCCCO)cc2)O[C@@H]1c1ccccc1CN=[N+]=[N-]. The molecule has 3 aromatic carbocycles. The van der Waals surface area contributed by atoms with Gasteiger partial charge in [0.15, 0.2) is 11.6 Å². The van der Waals surface area contributed by atoms with Gasteiger partial charge in [0.05, 0.1) is 13.2 Å². The van der Waals surface area contributed by atoms with Crippen molar-refractivity contribution in [2.45, 2.75) is 70.4 Å². The number of nitrogens with one attached hydrogen (secondary N) is 1. The van der Waals surface area contributed by atoms with E-state index in [0.29, 0.717) is 35.5 Å². The number of aliphatic hydroxyl groups is 1. The summed E-state index contributed by atoms with van der Waals surface area (Å²) in [6.45, 7) is 4.90. The van der Waals surface area contributed by atoms with E-state index in [1.807, 2.05) is 0 Å². The Kier molecular flexibility index (Phi) is 11.5. The summed E-state index contributed by atoms with van der Waals surface area (Å²) in [5.41, 5.74) is 7.57. The Morgan fingerprint density at radius 1 is 1.09 bits per heavy atom. The fraction of sp³-hybridized carbons (Fsp3) is 0.382. The number of ether oxygens (including phenoxy) is 3. The van der Waals surface area contributed by atoms with Gasteiger partial charge in [-0.15, -0.1) is 0 Å². The molecule has 0 bridgehead atoms. The molecule has 1 amide bonds. The first kappa shape index (κ1) is 34.9. The minimum atomic E-state index is -1.82. The Morgan fingerprint density at radius 2 is 1.79 bits per heavy atom. The Morgan fingerprint density at radius 3 is 2.45 bits per heavy atom. The lowest BCUT2D eigenvalue weighted by atomic mass is 9.81. The van der Waals surface area contributed by atoms with Crippen molar-refractivity contribution in [1.82, 2.24) is 5.32 Å². The summed E-state index contributed by atoms with van der Waals surface area (Å²) < 4.78 is 46.7. The van der Waals surface area contributed by atoms with Crippen LogP contribution < -0.4 is 10.1 Å². The van der Waals surface area contributed by atoms with Gasteiger partial charge in [-0.05, 0) is 80.2 Å². The third kappa shape index (κ3) is 8.84. The monoisotopic (exact) mass is 649 g/mol. The number of benzene rings is 3. The maximum atomic E-state index is 14.5. The van der Waals surface area contributed by atoms with Gasteiger partial charge >= 0.3 is 5.97 Å². The van der Waals surface area contributed by atoms with Crippen LogP contribution in [0.2, 0.25) is 0 Å². The maximum Gasteiger partial charge on any atom is 0.306 e. The standard InChI is InChI=1S/C34H37F2N5O6/c1-33(2,3)47-29(43)16-17-34(32(44)38-21-26-27(35)10-6-11-28(26)36)30(25-9-5-4-8-23(25)20-39-41-37)46-31(40-34)22-12-14-24(15-13-22)45-19-7-18-42/h4-6,8-15,30,42H,7,16-21H2,1-3H3,(H,38,44)/t30-,34-/m1/s1. The molecule has 1 aliphatic heterocycles. The molecule has 11 nitrogen and oxygen atoms in total. The summed E-state index contributed by atoms with van der Waals surface area (Å²) in [7, 11) is 0. The molecule has 13 heteroatoms. The molecular formula is C34H37F2N5O6. The van der Waals surface area contributed by atoms with Crippen LogP contribution in [0.25, 0.3) is 10.4 Å². The molecule has 0 spiro atoms. The summed E-state index contributed by atoms with van der Waals surface area (Å²) in [6.07, 6.45) is -1.12. The van der Waals surface area contributed by atoms with Crippen LogP contribution in [0.1, 0.15) is 68.4 Å². The predicted molar refractivity (Wildman–Crippen MR) is 169 cm³/mol. The summed E-state index contributed by atoms with van der Waals surface area (Å²) in [6, 6.07) is 17.0. The molecule has 0 unspecified atom stereocenters. The van der Waals surface area contributed by atoms with Crippen LogP contribution in [-0.2, 0) is 32.2 Å². The van der Waals surface area contributed by atoms with Gasteiger partial charge in [0.1, 0.15) is 23.0 Å². The first-order chi connectivity index (χ1) is 22.5. The van der Waals surface area contributed by atoms with Gasteiger partial charge in [0, 0.05) is 42.0 Å². The summed E-state index contributed by atoms with van der Waals surface area (Å²) in [5, 5.41) is 15.4. The third-order valence-electron chi connectivity index (χ3n) is 7.29. The van der Waals surface area contributed by atoms with E-state index >= 15 is 0 Å². The normalized spacial score (nSPS) is 17.2. The third-order valence-corrected chi connectivity index (χ3v) is 7.29. The van der Waals surface area contributed by atoms with Crippen molar-refractivity contribution in [2.24, 2.45) is 10.1 Å². The van der Waals surface area contributed by atoms with Crippen molar-refractivity contribution in [3.05, 3.63) is 111 Å². The number of carbonyl (C=O) groups is 2. The lowest BCUT2D eigenvalue weighted by Crippen LogP contribution is -2.48. The highest BCUT2D eigenvalue weighted by Crippen LogP contribution is 2.44. The smallest absolute Gasteiger partial charge is 0.306 e. The highest BCUT2D eigenvalue weighted by Gasteiger charge is 2.54. The van der Waals surface area contributed by atoms with E-state index in [9.17, 15) is 18.4 Å². The van der Waals surface area contributed by atoms with Gasteiger partial charge in [-0.2, -0.15) is 0 Å². The zero-order valence-electron chi connectivity index (χ0n) is 26.4. The Bertz CT molecular complexity index is 1630. The van der Waals surface area contributed by atoms with E-state index in [-0.39, 0.29) is 37.5 Å². The number of hydrogen-bond acceptors (Lipinski definition) is 8.